The van der Waals surface area contributed by atoms with Gasteiger partial charge < -0.3 is 5.32 Å². The molecule has 1 nitrogen and oxygen atoms in total. The van der Waals surface area contributed by atoms with Crippen molar-refractivity contribution in [2.75, 3.05) is 7.05 Å². The van der Waals surface area contributed by atoms with Crippen LogP contribution in [0.25, 0.3) is 0 Å². The summed E-state index contributed by atoms with van der Waals surface area (Å²) in [5, 5.41) is 3.49. The van der Waals surface area contributed by atoms with Crippen LogP contribution in [0, 0.1) is 23.7 Å². The van der Waals surface area contributed by atoms with Crippen LogP contribution >= 0.6 is 0 Å². The second kappa shape index (κ2) is 4.86. The monoisotopic (exact) mass is 209 g/mol. The normalized spacial score (nSPS) is 47.0. The standard InChI is InChI=1S/C14H27N/c1-10-4-6-12(7-5-10)13-8-9-14(15-3)11(13)2/h10-15H,4-9H2,1-3H3. The molecule has 0 amide bonds. The Morgan fingerprint density at radius 3 is 2.07 bits per heavy atom. The van der Waals surface area contributed by atoms with Crippen molar-refractivity contribution in [1.29, 1.82) is 0 Å². The number of rotatable bonds is 2. The van der Waals surface area contributed by atoms with Gasteiger partial charge in [0.2, 0.25) is 0 Å². The summed E-state index contributed by atoms with van der Waals surface area (Å²) in [6.45, 7) is 4.89. The SMILES string of the molecule is CNC1CCC(C2CCC(C)CC2)C1C. The van der Waals surface area contributed by atoms with Crippen molar-refractivity contribution in [3.8, 4) is 0 Å². The van der Waals surface area contributed by atoms with Gasteiger partial charge in [0.15, 0.2) is 0 Å². The number of hydrogen-bond donors (Lipinski definition) is 1. The molecule has 3 atom stereocenters. The number of nitrogens with one attached hydrogen (secondary N) is 1. The lowest BCUT2D eigenvalue weighted by Gasteiger charge is -2.33. The van der Waals surface area contributed by atoms with Gasteiger partial charge in [0.1, 0.15) is 0 Å². The van der Waals surface area contributed by atoms with Crippen molar-refractivity contribution in [2.45, 2.75) is 58.4 Å². The highest BCUT2D eigenvalue weighted by molar-refractivity contribution is 4.90. The minimum absolute atomic E-state index is 0.800. The van der Waals surface area contributed by atoms with E-state index in [1.807, 2.05) is 0 Å². The predicted octanol–water partition coefficient (Wildman–Crippen LogP) is 3.45. The van der Waals surface area contributed by atoms with E-state index in [0.29, 0.717) is 0 Å². The Kier molecular flexibility index (Phi) is 3.71. The van der Waals surface area contributed by atoms with E-state index in [2.05, 4.69) is 26.2 Å². The molecular weight excluding hydrogens is 182 g/mol. The lowest BCUT2D eigenvalue weighted by atomic mass is 9.73. The lowest BCUT2D eigenvalue weighted by Crippen LogP contribution is -2.32. The highest BCUT2D eigenvalue weighted by Crippen LogP contribution is 2.43. The highest BCUT2D eigenvalue weighted by Gasteiger charge is 2.37. The molecule has 3 unspecified atom stereocenters. The van der Waals surface area contributed by atoms with E-state index in [1.54, 1.807) is 0 Å². The van der Waals surface area contributed by atoms with Crippen LogP contribution in [0.2, 0.25) is 0 Å². The lowest BCUT2D eigenvalue weighted by molar-refractivity contribution is 0.177. The summed E-state index contributed by atoms with van der Waals surface area (Å²) in [6, 6.07) is 0.800. The summed E-state index contributed by atoms with van der Waals surface area (Å²) >= 11 is 0. The third-order valence-corrected chi connectivity index (χ3v) is 5.16. The maximum absolute atomic E-state index is 3.49. The maximum Gasteiger partial charge on any atom is 0.00925 e. The second-order valence-electron chi connectivity index (χ2n) is 6.02. The first-order chi connectivity index (χ1) is 7.22. The zero-order chi connectivity index (χ0) is 10.8. The van der Waals surface area contributed by atoms with Gasteiger partial charge in [0.25, 0.3) is 0 Å². The molecule has 0 saturated heterocycles. The fraction of sp³-hybridized carbons (Fsp3) is 1.00. The molecule has 2 saturated carbocycles. The summed E-state index contributed by atoms with van der Waals surface area (Å²) in [7, 11) is 2.13. The first kappa shape index (κ1) is 11.4. The van der Waals surface area contributed by atoms with Gasteiger partial charge in [-0.05, 0) is 56.4 Å². The minimum atomic E-state index is 0.800. The Balaban J connectivity index is 1.89. The molecule has 1 N–H and O–H groups in total. The molecule has 88 valence electrons. The topological polar surface area (TPSA) is 12.0 Å². The van der Waals surface area contributed by atoms with Gasteiger partial charge in [-0.3, -0.25) is 0 Å². The molecule has 2 fully saturated rings. The smallest absolute Gasteiger partial charge is 0.00925 e. The fourth-order valence-electron chi connectivity index (χ4n) is 3.98. The van der Waals surface area contributed by atoms with Crippen molar-refractivity contribution in [1.82, 2.24) is 5.32 Å². The molecular formula is C14H27N. The van der Waals surface area contributed by atoms with E-state index in [1.165, 1.54) is 38.5 Å². The Morgan fingerprint density at radius 1 is 0.867 bits per heavy atom. The average Bonchev–Trinajstić information content (AvgIpc) is 2.61. The summed E-state index contributed by atoms with van der Waals surface area (Å²) in [6.07, 6.45) is 8.87. The molecule has 0 radical (unpaired) electrons. The van der Waals surface area contributed by atoms with E-state index >= 15 is 0 Å². The van der Waals surface area contributed by atoms with E-state index < -0.39 is 0 Å². The van der Waals surface area contributed by atoms with E-state index in [-0.39, 0.29) is 0 Å². The van der Waals surface area contributed by atoms with Crippen LogP contribution in [-0.4, -0.2) is 13.1 Å². The molecule has 2 aliphatic rings. The van der Waals surface area contributed by atoms with Crippen LogP contribution in [-0.2, 0) is 0 Å². The summed E-state index contributed by atoms with van der Waals surface area (Å²) in [5.74, 6) is 3.98. The Labute approximate surface area is 95.0 Å². The molecule has 0 heterocycles. The van der Waals surface area contributed by atoms with Crippen molar-refractivity contribution >= 4 is 0 Å². The molecule has 0 aromatic carbocycles. The Bertz CT molecular complexity index is 194. The third kappa shape index (κ3) is 2.38. The van der Waals surface area contributed by atoms with Crippen LogP contribution in [0.15, 0.2) is 0 Å². The van der Waals surface area contributed by atoms with Crippen LogP contribution in [0.5, 0.6) is 0 Å². The number of hydrogen-bond acceptors (Lipinski definition) is 1. The molecule has 1 heteroatoms. The van der Waals surface area contributed by atoms with Crippen LogP contribution in [0.1, 0.15) is 52.4 Å². The van der Waals surface area contributed by atoms with Crippen molar-refractivity contribution in [2.24, 2.45) is 23.7 Å². The third-order valence-electron chi connectivity index (χ3n) is 5.16. The van der Waals surface area contributed by atoms with Gasteiger partial charge in [-0.1, -0.05) is 26.7 Å². The Morgan fingerprint density at radius 2 is 1.53 bits per heavy atom. The molecule has 2 aliphatic carbocycles. The molecule has 0 bridgehead atoms. The van der Waals surface area contributed by atoms with E-state index in [0.717, 1.165) is 29.7 Å². The largest absolute Gasteiger partial charge is 0.317 e. The highest BCUT2D eigenvalue weighted by atomic mass is 14.9. The van der Waals surface area contributed by atoms with Crippen molar-refractivity contribution < 1.29 is 0 Å². The van der Waals surface area contributed by atoms with Gasteiger partial charge in [-0.2, -0.15) is 0 Å². The van der Waals surface area contributed by atoms with Crippen LogP contribution < -0.4 is 5.32 Å². The van der Waals surface area contributed by atoms with Crippen molar-refractivity contribution in [3.05, 3.63) is 0 Å². The van der Waals surface area contributed by atoms with Gasteiger partial charge in [0.05, 0.1) is 0 Å². The van der Waals surface area contributed by atoms with Crippen molar-refractivity contribution in [3.63, 3.8) is 0 Å². The first-order valence-electron chi connectivity index (χ1n) is 6.89. The average molecular weight is 209 g/mol. The quantitative estimate of drug-likeness (QED) is 0.734. The summed E-state index contributed by atoms with van der Waals surface area (Å²) in [4.78, 5) is 0. The fourth-order valence-corrected chi connectivity index (χ4v) is 3.98. The zero-order valence-corrected chi connectivity index (χ0v) is 10.6. The molecule has 2 rings (SSSR count). The molecule has 15 heavy (non-hydrogen) atoms. The van der Waals surface area contributed by atoms with Gasteiger partial charge in [-0.25, -0.2) is 0 Å². The van der Waals surface area contributed by atoms with Gasteiger partial charge >= 0.3 is 0 Å². The molecule has 0 aromatic heterocycles. The second-order valence-corrected chi connectivity index (χ2v) is 6.02. The van der Waals surface area contributed by atoms with E-state index in [4.69, 9.17) is 0 Å². The van der Waals surface area contributed by atoms with Gasteiger partial charge in [-0.15, -0.1) is 0 Å². The summed E-state index contributed by atoms with van der Waals surface area (Å²) < 4.78 is 0. The van der Waals surface area contributed by atoms with Crippen LogP contribution in [0.4, 0.5) is 0 Å². The summed E-state index contributed by atoms with van der Waals surface area (Å²) in [5.41, 5.74) is 0. The van der Waals surface area contributed by atoms with Crippen LogP contribution in [0.3, 0.4) is 0 Å². The molecule has 0 aliphatic heterocycles. The minimum Gasteiger partial charge on any atom is -0.317 e. The molecule has 0 aromatic rings. The predicted molar refractivity (Wildman–Crippen MR) is 65.9 cm³/mol. The maximum atomic E-state index is 3.49. The van der Waals surface area contributed by atoms with E-state index in [9.17, 15) is 0 Å². The molecule has 0 spiro atoms. The van der Waals surface area contributed by atoms with Gasteiger partial charge in [0, 0.05) is 6.04 Å². The zero-order valence-electron chi connectivity index (χ0n) is 10.6. The first-order valence-corrected chi connectivity index (χ1v) is 6.89. The Hall–Kier alpha value is -0.0400.